The average Bonchev–Trinajstić information content (AvgIpc) is 3.40. The number of halogens is 3. The highest BCUT2D eigenvalue weighted by atomic mass is 19.3. The van der Waals surface area contributed by atoms with Gasteiger partial charge in [0.15, 0.2) is 11.6 Å². The standard InChI is InChI=1S/C21H22F3N3O5/c22-14-5-12-15(27(11-1-2-11)7-13(17(12)28)19(29)30)18(32-20(23)24)16(14)26-6-10-3-4-31-21(10,8-25)9-26/h5,7,10-11,20H,1-4,6,8-9,25H2,(H,29,30)/t10-,21+/m0/s1. The first-order valence-electron chi connectivity index (χ1n) is 10.4. The van der Waals surface area contributed by atoms with E-state index in [1.165, 1.54) is 4.57 Å². The molecule has 3 aliphatic rings. The van der Waals surface area contributed by atoms with Crippen LogP contribution in [0.15, 0.2) is 17.1 Å². The van der Waals surface area contributed by atoms with Gasteiger partial charge in [0.2, 0.25) is 5.43 Å². The fourth-order valence-corrected chi connectivity index (χ4v) is 5.06. The Morgan fingerprint density at radius 2 is 2.12 bits per heavy atom. The summed E-state index contributed by atoms with van der Waals surface area (Å²) in [5.74, 6) is -2.88. The maximum atomic E-state index is 15.4. The van der Waals surface area contributed by atoms with Gasteiger partial charge in [-0.2, -0.15) is 8.78 Å². The lowest BCUT2D eigenvalue weighted by Crippen LogP contribution is -2.44. The number of ether oxygens (including phenoxy) is 2. The van der Waals surface area contributed by atoms with E-state index in [1.54, 1.807) is 4.90 Å². The third-order valence-electron chi connectivity index (χ3n) is 6.74. The van der Waals surface area contributed by atoms with Crippen LogP contribution in [0.3, 0.4) is 0 Å². The minimum Gasteiger partial charge on any atom is -0.477 e. The summed E-state index contributed by atoms with van der Waals surface area (Å²) in [5.41, 5.74) is 3.51. The molecule has 8 nitrogen and oxygen atoms in total. The molecular formula is C21H22F3N3O5. The Morgan fingerprint density at radius 1 is 1.38 bits per heavy atom. The van der Waals surface area contributed by atoms with Gasteiger partial charge in [-0.3, -0.25) is 4.79 Å². The first kappa shape index (κ1) is 21.1. The van der Waals surface area contributed by atoms with Gasteiger partial charge in [-0.15, -0.1) is 0 Å². The van der Waals surface area contributed by atoms with Crippen LogP contribution in [0, 0.1) is 11.7 Å². The molecular weight excluding hydrogens is 431 g/mol. The minimum absolute atomic E-state index is 0.00186. The van der Waals surface area contributed by atoms with E-state index in [1.807, 2.05) is 0 Å². The number of pyridine rings is 1. The molecule has 0 bridgehead atoms. The van der Waals surface area contributed by atoms with Crippen molar-refractivity contribution in [3.05, 3.63) is 33.9 Å². The zero-order chi connectivity index (χ0) is 22.8. The molecule has 1 aromatic heterocycles. The van der Waals surface area contributed by atoms with Gasteiger partial charge in [0, 0.05) is 44.4 Å². The van der Waals surface area contributed by atoms with Gasteiger partial charge in [0.1, 0.15) is 16.9 Å². The molecule has 0 unspecified atom stereocenters. The van der Waals surface area contributed by atoms with Crippen LogP contribution >= 0.6 is 0 Å². The maximum absolute atomic E-state index is 15.4. The van der Waals surface area contributed by atoms with Gasteiger partial charge in [0.25, 0.3) is 0 Å². The van der Waals surface area contributed by atoms with E-state index in [-0.39, 0.29) is 41.6 Å². The summed E-state index contributed by atoms with van der Waals surface area (Å²) in [7, 11) is 0. The summed E-state index contributed by atoms with van der Waals surface area (Å²) in [4.78, 5) is 25.9. The van der Waals surface area contributed by atoms with Gasteiger partial charge in [0.05, 0.1) is 10.9 Å². The minimum atomic E-state index is -3.28. The fourth-order valence-electron chi connectivity index (χ4n) is 5.06. The Labute approximate surface area is 180 Å². The summed E-state index contributed by atoms with van der Waals surface area (Å²) in [6.45, 7) is -2.03. The molecule has 0 spiro atoms. The number of carboxylic acids is 1. The molecule has 172 valence electrons. The fraction of sp³-hybridized carbons (Fsp3) is 0.524. The van der Waals surface area contributed by atoms with Crippen molar-refractivity contribution in [3.63, 3.8) is 0 Å². The van der Waals surface area contributed by atoms with Crippen LogP contribution in [-0.4, -0.2) is 54.1 Å². The second-order valence-electron chi connectivity index (χ2n) is 8.61. The monoisotopic (exact) mass is 453 g/mol. The number of carbonyl (C=O) groups is 1. The van der Waals surface area contributed by atoms with E-state index in [2.05, 4.69) is 0 Å². The number of aromatic nitrogens is 1. The molecule has 0 amide bonds. The number of benzene rings is 1. The lowest BCUT2D eigenvalue weighted by molar-refractivity contribution is -0.0488. The molecule has 11 heteroatoms. The Balaban J connectivity index is 1.76. The molecule has 0 radical (unpaired) electrons. The van der Waals surface area contributed by atoms with Crippen LogP contribution in [0.25, 0.3) is 10.9 Å². The van der Waals surface area contributed by atoms with Crippen molar-refractivity contribution < 1.29 is 32.5 Å². The van der Waals surface area contributed by atoms with Crippen LogP contribution in [0.1, 0.15) is 35.7 Å². The molecule has 5 rings (SSSR count). The maximum Gasteiger partial charge on any atom is 0.387 e. The summed E-state index contributed by atoms with van der Waals surface area (Å²) in [6, 6.07) is 0.729. The van der Waals surface area contributed by atoms with Crippen molar-refractivity contribution >= 4 is 22.6 Å². The van der Waals surface area contributed by atoms with E-state index in [0.29, 0.717) is 32.4 Å². The molecule has 2 atom stereocenters. The summed E-state index contributed by atoms with van der Waals surface area (Å²) < 4.78 is 54.5. The molecule has 3 fully saturated rings. The smallest absolute Gasteiger partial charge is 0.387 e. The number of carboxylic acid groups (broad SMARTS) is 1. The molecule has 2 aliphatic heterocycles. The Bertz CT molecular complexity index is 1170. The van der Waals surface area contributed by atoms with Crippen LogP contribution < -0.4 is 20.8 Å². The lowest BCUT2D eigenvalue weighted by atomic mass is 9.91. The number of nitrogens with zero attached hydrogens (tertiary/aromatic N) is 2. The van der Waals surface area contributed by atoms with E-state index in [4.69, 9.17) is 15.2 Å². The third-order valence-corrected chi connectivity index (χ3v) is 6.74. The van der Waals surface area contributed by atoms with Gasteiger partial charge < -0.3 is 29.8 Å². The highest BCUT2D eigenvalue weighted by molar-refractivity contribution is 5.97. The molecule has 3 heterocycles. The number of rotatable bonds is 6. The number of fused-ring (bicyclic) bond motifs is 2. The van der Waals surface area contributed by atoms with Gasteiger partial charge in [-0.05, 0) is 25.3 Å². The number of anilines is 1. The van der Waals surface area contributed by atoms with Crippen molar-refractivity contribution in [2.45, 2.75) is 37.5 Å². The number of nitrogens with two attached hydrogens (primary N) is 1. The van der Waals surface area contributed by atoms with Crippen molar-refractivity contribution in [1.29, 1.82) is 0 Å². The lowest BCUT2D eigenvalue weighted by Gasteiger charge is -2.28. The highest BCUT2D eigenvalue weighted by Crippen LogP contribution is 2.48. The van der Waals surface area contributed by atoms with Gasteiger partial charge >= 0.3 is 12.6 Å². The summed E-state index contributed by atoms with van der Waals surface area (Å²) in [6.07, 6.45) is 3.19. The SMILES string of the molecule is NC[C@@]12CN(c3c(F)cc4c(=O)c(C(=O)O)cn(C5CC5)c4c3OC(F)F)C[C@@H]1CCO2. The zero-order valence-electron chi connectivity index (χ0n) is 17.0. The Morgan fingerprint density at radius 3 is 2.72 bits per heavy atom. The van der Waals surface area contributed by atoms with Crippen molar-refractivity contribution in [2.24, 2.45) is 11.7 Å². The molecule has 2 saturated heterocycles. The van der Waals surface area contributed by atoms with E-state index in [9.17, 15) is 23.5 Å². The predicted octanol–water partition coefficient (Wildman–Crippen LogP) is 2.33. The van der Waals surface area contributed by atoms with Crippen molar-refractivity contribution in [3.8, 4) is 5.75 Å². The normalized spacial score (nSPS) is 25.0. The Kier molecular flexibility index (Phi) is 4.86. The van der Waals surface area contributed by atoms with E-state index in [0.717, 1.165) is 12.3 Å². The van der Waals surface area contributed by atoms with Crippen LogP contribution in [0.2, 0.25) is 0 Å². The zero-order valence-corrected chi connectivity index (χ0v) is 17.0. The molecule has 32 heavy (non-hydrogen) atoms. The third kappa shape index (κ3) is 3.14. The largest absolute Gasteiger partial charge is 0.477 e. The van der Waals surface area contributed by atoms with E-state index >= 15 is 4.39 Å². The predicted molar refractivity (Wildman–Crippen MR) is 108 cm³/mol. The van der Waals surface area contributed by atoms with Crippen molar-refractivity contribution in [1.82, 2.24) is 4.57 Å². The average molecular weight is 453 g/mol. The molecule has 2 aromatic rings. The van der Waals surface area contributed by atoms with Gasteiger partial charge in [-0.25, -0.2) is 9.18 Å². The van der Waals surface area contributed by atoms with E-state index < -0.39 is 40.7 Å². The number of alkyl halides is 2. The van der Waals surface area contributed by atoms with Crippen LogP contribution in [0.4, 0.5) is 18.9 Å². The first-order valence-corrected chi connectivity index (χ1v) is 10.4. The van der Waals surface area contributed by atoms with Crippen molar-refractivity contribution in [2.75, 3.05) is 31.1 Å². The van der Waals surface area contributed by atoms with Gasteiger partial charge in [-0.1, -0.05) is 0 Å². The summed E-state index contributed by atoms with van der Waals surface area (Å²) >= 11 is 0. The van der Waals surface area contributed by atoms with Crippen LogP contribution in [-0.2, 0) is 4.74 Å². The summed E-state index contributed by atoms with van der Waals surface area (Å²) in [5, 5.41) is 9.11. The number of hydrogen-bond acceptors (Lipinski definition) is 6. The first-order chi connectivity index (χ1) is 15.3. The molecule has 1 aromatic carbocycles. The molecule has 3 N–H and O–H groups in total. The second kappa shape index (κ2) is 7.38. The number of hydrogen-bond donors (Lipinski definition) is 2. The topological polar surface area (TPSA) is 107 Å². The Hall–Kier alpha value is -2.79. The molecule has 1 saturated carbocycles. The van der Waals surface area contributed by atoms with Crippen LogP contribution in [0.5, 0.6) is 5.75 Å². The molecule has 1 aliphatic carbocycles. The number of aromatic carboxylic acids is 1. The second-order valence-corrected chi connectivity index (χ2v) is 8.61. The highest BCUT2D eigenvalue weighted by Gasteiger charge is 2.51. The quantitative estimate of drug-likeness (QED) is 0.691.